The molecule has 3 heterocycles. The second-order valence-electron chi connectivity index (χ2n) is 7.63. The summed E-state index contributed by atoms with van der Waals surface area (Å²) in [7, 11) is 1.56. The van der Waals surface area contributed by atoms with Gasteiger partial charge < -0.3 is 15.8 Å². The lowest BCUT2D eigenvalue weighted by Crippen LogP contribution is -2.27. The molecule has 9 nitrogen and oxygen atoms in total. The van der Waals surface area contributed by atoms with Crippen LogP contribution in [0.15, 0.2) is 65.7 Å². The summed E-state index contributed by atoms with van der Waals surface area (Å²) in [6, 6.07) is 14.1. The summed E-state index contributed by atoms with van der Waals surface area (Å²) in [4.78, 5) is 32.1. The van der Waals surface area contributed by atoms with Crippen LogP contribution in [0.1, 0.15) is 18.8 Å². The molecule has 0 aliphatic rings. The highest BCUT2D eigenvalue weighted by Crippen LogP contribution is 2.35. The highest BCUT2D eigenvalue weighted by molar-refractivity contribution is 7.16. The average molecular weight is 506 g/mol. The zero-order valence-electron chi connectivity index (χ0n) is 18.8. The van der Waals surface area contributed by atoms with E-state index >= 15 is 0 Å². The molecule has 2 aromatic carbocycles. The topological polar surface area (TPSA) is 121 Å². The van der Waals surface area contributed by atoms with Crippen LogP contribution in [-0.4, -0.2) is 31.6 Å². The van der Waals surface area contributed by atoms with Gasteiger partial charge in [-0.2, -0.15) is 4.98 Å². The highest BCUT2D eigenvalue weighted by Gasteiger charge is 2.21. The van der Waals surface area contributed by atoms with Crippen LogP contribution < -0.4 is 21.3 Å². The van der Waals surface area contributed by atoms with Crippen LogP contribution in [0.2, 0.25) is 5.02 Å². The third-order valence-corrected chi connectivity index (χ3v) is 6.67. The van der Waals surface area contributed by atoms with Crippen molar-refractivity contribution in [3.63, 3.8) is 0 Å². The van der Waals surface area contributed by atoms with E-state index in [0.717, 1.165) is 4.88 Å². The third-order valence-electron chi connectivity index (χ3n) is 5.36. The van der Waals surface area contributed by atoms with Crippen LogP contribution in [0.25, 0.3) is 27.0 Å². The fourth-order valence-corrected chi connectivity index (χ4v) is 4.75. The molecule has 0 saturated heterocycles. The van der Waals surface area contributed by atoms with Crippen LogP contribution in [0.4, 0.5) is 11.8 Å². The Labute approximate surface area is 209 Å². The van der Waals surface area contributed by atoms with Gasteiger partial charge in [0.1, 0.15) is 11.6 Å². The normalized spacial score (nSPS) is 12.0. The number of hydrogen-bond acceptors (Lipinski definition) is 9. The number of ether oxygens (including phenoxy) is 1. The molecule has 0 saturated carbocycles. The molecule has 5 aromatic rings. The fourth-order valence-electron chi connectivity index (χ4n) is 3.76. The maximum absolute atomic E-state index is 13.7. The van der Waals surface area contributed by atoms with Gasteiger partial charge in [-0.1, -0.05) is 47.2 Å². The zero-order valence-corrected chi connectivity index (χ0v) is 20.3. The Balaban J connectivity index is 1.65. The van der Waals surface area contributed by atoms with E-state index in [1.165, 1.54) is 11.3 Å². The smallest absolute Gasteiger partial charge is 0.273 e. The Morgan fingerprint density at radius 2 is 1.89 bits per heavy atom. The number of benzene rings is 2. The van der Waals surface area contributed by atoms with Crippen LogP contribution in [0.5, 0.6) is 5.19 Å². The van der Waals surface area contributed by atoms with Gasteiger partial charge in [-0.05, 0) is 31.2 Å². The van der Waals surface area contributed by atoms with Gasteiger partial charge in [-0.3, -0.25) is 9.36 Å². The number of halogens is 1. The average Bonchev–Trinajstić information content (AvgIpc) is 3.33. The van der Waals surface area contributed by atoms with Gasteiger partial charge in [-0.25, -0.2) is 15.0 Å². The monoisotopic (exact) mass is 505 g/mol. The van der Waals surface area contributed by atoms with E-state index in [9.17, 15) is 4.79 Å². The van der Waals surface area contributed by atoms with Crippen LogP contribution >= 0.6 is 22.9 Å². The van der Waals surface area contributed by atoms with Gasteiger partial charge in [-0.15, -0.1) is 0 Å². The number of fused-ring (bicyclic) bond motifs is 1. The molecule has 35 heavy (non-hydrogen) atoms. The van der Waals surface area contributed by atoms with Gasteiger partial charge in [0.05, 0.1) is 45.2 Å². The zero-order chi connectivity index (χ0) is 24.5. The number of nitrogen functional groups attached to an aromatic ring is 1. The van der Waals surface area contributed by atoms with Gasteiger partial charge in [0.15, 0.2) is 0 Å². The molecule has 11 heteroatoms. The second kappa shape index (κ2) is 9.32. The quantitative estimate of drug-likeness (QED) is 0.340. The van der Waals surface area contributed by atoms with Crippen LogP contribution in [0, 0.1) is 0 Å². The molecule has 5 rings (SSSR count). The highest BCUT2D eigenvalue weighted by atomic mass is 35.5. The Morgan fingerprint density at radius 1 is 1.09 bits per heavy atom. The lowest BCUT2D eigenvalue weighted by Gasteiger charge is -2.21. The van der Waals surface area contributed by atoms with E-state index in [0.29, 0.717) is 44.0 Å². The van der Waals surface area contributed by atoms with Crippen LogP contribution in [-0.2, 0) is 0 Å². The molecule has 0 aliphatic carbocycles. The minimum Gasteiger partial charge on any atom is -0.473 e. The summed E-state index contributed by atoms with van der Waals surface area (Å²) >= 11 is 7.74. The van der Waals surface area contributed by atoms with E-state index in [1.807, 2.05) is 37.3 Å². The Bertz CT molecular complexity index is 1590. The summed E-state index contributed by atoms with van der Waals surface area (Å²) in [5.41, 5.74) is 7.52. The number of aromatic nitrogens is 5. The van der Waals surface area contributed by atoms with E-state index in [1.54, 1.807) is 42.3 Å². The first kappa shape index (κ1) is 22.8. The summed E-state index contributed by atoms with van der Waals surface area (Å²) < 4.78 is 6.78. The molecule has 176 valence electrons. The van der Waals surface area contributed by atoms with Crippen molar-refractivity contribution in [2.24, 2.45) is 0 Å². The number of nitrogens with two attached hydrogens (primary N) is 1. The first-order valence-electron chi connectivity index (χ1n) is 10.6. The predicted octanol–water partition coefficient (Wildman–Crippen LogP) is 4.72. The first-order chi connectivity index (χ1) is 17.0. The molecule has 3 aromatic heterocycles. The Morgan fingerprint density at radius 3 is 2.63 bits per heavy atom. The van der Waals surface area contributed by atoms with Crippen molar-refractivity contribution in [2.75, 3.05) is 18.2 Å². The van der Waals surface area contributed by atoms with Crippen molar-refractivity contribution >= 4 is 45.6 Å². The summed E-state index contributed by atoms with van der Waals surface area (Å²) in [5, 5.41) is 4.59. The molecular weight excluding hydrogens is 486 g/mol. The number of thiazole rings is 1. The number of nitrogens with zero attached hydrogens (tertiary/aromatic N) is 5. The molecule has 0 unspecified atom stereocenters. The van der Waals surface area contributed by atoms with Gasteiger partial charge >= 0.3 is 0 Å². The number of hydrogen-bond donors (Lipinski definition) is 2. The summed E-state index contributed by atoms with van der Waals surface area (Å²) in [5.74, 6) is 1.08. The van der Waals surface area contributed by atoms with E-state index in [4.69, 9.17) is 27.1 Å². The number of rotatable bonds is 6. The first-order valence-corrected chi connectivity index (χ1v) is 11.8. The lowest BCUT2D eigenvalue weighted by molar-refractivity contribution is 0.412. The number of nitrogens with one attached hydrogen (secondary N) is 1. The maximum Gasteiger partial charge on any atom is 0.273 e. The van der Waals surface area contributed by atoms with Crippen molar-refractivity contribution in [1.29, 1.82) is 0 Å². The van der Waals surface area contributed by atoms with Gasteiger partial charge in [0.2, 0.25) is 5.95 Å². The molecular formula is C24H20ClN7O2S. The number of para-hydroxylation sites is 1. The number of anilines is 2. The van der Waals surface area contributed by atoms with Gasteiger partial charge in [0, 0.05) is 12.4 Å². The molecule has 3 N–H and O–H groups in total. The third kappa shape index (κ3) is 4.29. The lowest BCUT2D eigenvalue weighted by atomic mass is 10.2. The fraction of sp³-hybridized carbons (Fsp3) is 0.125. The number of methoxy groups -OCH3 is 1. The van der Waals surface area contributed by atoms with Crippen molar-refractivity contribution in [3.05, 3.63) is 82.1 Å². The Hall–Kier alpha value is -4.02. The molecule has 0 spiro atoms. The van der Waals surface area contributed by atoms with Crippen LogP contribution in [0.3, 0.4) is 0 Å². The predicted molar refractivity (Wildman–Crippen MR) is 138 cm³/mol. The molecule has 0 fully saturated rings. The molecule has 0 amide bonds. The summed E-state index contributed by atoms with van der Waals surface area (Å²) in [6.45, 7) is 1.90. The minimum atomic E-state index is -0.450. The van der Waals surface area contributed by atoms with E-state index in [-0.39, 0.29) is 11.5 Å². The van der Waals surface area contributed by atoms with Gasteiger partial charge in [0.25, 0.3) is 10.8 Å². The second-order valence-corrected chi connectivity index (χ2v) is 9.03. The summed E-state index contributed by atoms with van der Waals surface area (Å²) in [6.07, 6.45) is 3.31. The van der Waals surface area contributed by atoms with Crippen molar-refractivity contribution in [3.8, 4) is 21.3 Å². The van der Waals surface area contributed by atoms with E-state index in [2.05, 4.69) is 20.3 Å². The van der Waals surface area contributed by atoms with Crippen molar-refractivity contribution in [1.82, 2.24) is 24.5 Å². The van der Waals surface area contributed by atoms with E-state index < -0.39 is 6.04 Å². The molecule has 0 aliphatic heterocycles. The molecule has 0 bridgehead atoms. The van der Waals surface area contributed by atoms with Crippen molar-refractivity contribution < 1.29 is 4.74 Å². The maximum atomic E-state index is 13.7. The van der Waals surface area contributed by atoms with Crippen molar-refractivity contribution in [2.45, 2.75) is 13.0 Å². The SMILES string of the molecule is COc1ncc(-c2cnc(N)nc2N[C@H](C)c2nc3cccc(Cl)c3c(=O)n2-c2ccccc2)s1. The minimum absolute atomic E-state index is 0.110. The molecule has 0 radical (unpaired) electrons. The largest absolute Gasteiger partial charge is 0.473 e. The standard InChI is InChI=1S/C24H20ClN7O2S/c1-13(29-20-15(11-27-23(26)31-20)18-12-28-24(34-2)35-18)21-30-17-10-6-9-16(25)19(17)22(33)32(21)14-7-4-3-5-8-14/h3-13H,1-2H3,(H3,26,27,29,31)/t13-/m1/s1. The molecule has 1 atom stereocenters. The Kier molecular flexibility index (Phi) is 6.06.